The van der Waals surface area contributed by atoms with Crippen LogP contribution in [0.4, 0.5) is 10.5 Å². The normalized spacial score (nSPS) is 15.7. The summed E-state index contributed by atoms with van der Waals surface area (Å²) < 4.78 is 0. The number of aromatic nitrogens is 1. The molecule has 0 spiro atoms. The van der Waals surface area contributed by atoms with Crippen molar-refractivity contribution in [2.24, 2.45) is 0 Å². The number of H-pyrrole nitrogens is 1. The van der Waals surface area contributed by atoms with Gasteiger partial charge in [-0.25, -0.2) is 4.79 Å². The standard InChI is InChI=1S/C20H21N3O/c24-19(23-18-9-4-8-17-16(18)10-13-21-17)22-14-20(11-5-12-20)15-6-2-1-3-7-15/h1-4,6-10,13,21H,5,11-12,14H2,(H2,22,23,24). The smallest absolute Gasteiger partial charge is 0.319 e. The average Bonchev–Trinajstić information content (AvgIpc) is 3.05. The fourth-order valence-corrected chi connectivity index (χ4v) is 3.57. The molecule has 3 aromatic rings. The Bertz CT molecular complexity index is 849. The van der Waals surface area contributed by atoms with Gasteiger partial charge in [-0.2, -0.15) is 0 Å². The number of amides is 2. The summed E-state index contributed by atoms with van der Waals surface area (Å²) in [6.45, 7) is 0.673. The van der Waals surface area contributed by atoms with E-state index in [-0.39, 0.29) is 11.4 Å². The molecule has 1 aliphatic rings. The van der Waals surface area contributed by atoms with Crippen LogP contribution < -0.4 is 10.6 Å². The Labute approximate surface area is 141 Å². The lowest BCUT2D eigenvalue weighted by Crippen LogP contribution is -2.46. The van der Waals surface area contributed by atoms with Crippen molar-refractivity contribution in [2.45, 2.75) is 24.7 Å². The minimum Gasteiger partial charge on any atom is -0.361 e. The molecule has 1 saturated carbocycles. The minimum absolute atomic E-state index is 0.0959. The van der Waals surface area contributed by atoms with Gasteiger partial charge in [-0.15, -0.1) is 0 Å². The predicted octanol–water partition coefficient (Wildman–Crippen LogP) is 4.41. The maximum absolute atomic E-state index is 12.4. The van der Waals surface area contributed by atoms with E-state index in [0.717, 1.165) is 29.4 Å². The van der Waals surface area contributed by atoms with E-state index < -0.39 is 0 Å². The van der Waals surface area contributed by atoms with E-state index in [9.17, 15) is 4.79 Å². The first-order valence-electron chi connectivity index (χ1n) is 8.43. The average molecular weight is 319 g/mol. The quantitative estimate of drug-likeness (QED) is 0.655. The van der Waals surface area contributed by atoms with Gasteiger partial charge >= 0.3 is 6.03 Å². The Hall–Kier alpha value is -2.75. The summed E-state index contributed by atoms with van der Waals surface area (Å²) in [5, 5.41) is 7.06. The summed E-state index contributed by atoms with van der Waals surface area (Å²) in [5.41, 5.74) is 3.27. The maximum Gasteiger partial charge on any atom is 0.319 e. The third-order valence-electron chi connectivity index (χ3n) is 5.13. The molecule has 2 amide bonds. The van der Waals surface area contributed by atoms with Crippen LogP contribution in [0.3, 0.4) is 0 Å². The summed E-state index contributed by atoms with van der Waals surface area (Å²) in [4.78, 5) is 15.5. The highest BCUT2D eigenvalue weighted by Gasteiger charge is 2.38. The van der Waals surface area contributed by atoms with Crippen molar-refractivity contribution in [3.8, 4) is 0 Å². The Morgan fingerprint density at radius 2 is 1.88 bits per heavy atom. The van der Waals surface area contributed by atoms with Gasteiger partial charge in [-0.3, -0.25) is 0 Å². The fourth-order valence-electron chi connectivity index (χ4n) is 3.57. The Morgan fingerprint density at radius 3 is 2.62 bits per heavy atom. The zero-order valence-electron chi connectivity index (χ0n) is 13.5. The van der Waals surface area contributed by atoms with Crippen molar-refractivity contribution in [1.29, 1.82) is 0 Å². The van der Waals surface area contributed by atoms with Crippen LogP contribution in [0.2, 0.25) is 0 Å². The summed E-state index contributed by atoms with van der Waals surface area (Å²) in [7, 11) is 0. The molecule has 1 fully saturated rings. The Morgan fingerprint density at radius 1 is 1.04 bits per heavy atom. The summed E-state index contributed by atoms with van der Waals surface area (Å²) in [6, 6.07) is 18.2. The van der Waals surface area contributed by atoms with E-state index in [1.165, 1.54) is 12.0 Å². The molecule has 0 radical (unpaired) electrons. The Balaban J connectivity index is 1.44. The molecular weight excluding hydrogens is 298 g/mol. The van der Waals surface area contributed by atoms with Gasteiger partial charge in [0.25, 0.3) is 0 Å². The van der Waals surface area contributed by atoms with Gasteiger partial charge in [0, 0.05) is 29.1 Å². The molecule has 1 heterocycles. The number of fused-ring (bicyclic) bond motifs is 1. The Kier molecular flexibility index (Phi) is 3.73. The number of benzene rings is 2. The lowest BCUT2D eigenvalue weighted by molar-refractivity contribution is 0.222. The van der Waals surface area contributed by atoms with Gasteiger partial charge in [0.1, 0.15) is 0 Å². The number of rotatable bonds is 4. The highest BCUT2D eigenvalue weighted by atomic mass is 16.2. The number of carbonyl (C=O) groups is 1. The van der Waals surface area contributed by atoms with Crippen molar-refractivity contribution in [1.82, 2.24) is 10.3 Å². The van der Waals surface area contributed by atoms with Crippen molar-refractivity contribution in [3.63, 3.8) is 0 Å². The van der Waals surface area contributed by atoms with Crippen molar-refractivity contribution >= 4 is 22.6 Å². The monoisotopic (exact) mass is 319 g/mol. The molecule has 3 N–H and O–H groups in total. The molecule has 4 nitrogen and oxygen atoms in total. The van der Waals surface area contributed by atoms with Crippen LogP contribution in [-0.4, -0.2) is 17.6 Å². The third kappa shape index (κ3) is 2.64. The second kappa shape index (κ2) is 6.04. The van der Waals surface area contributed by atoms with E-state index in [4.69, 9.17) is 0 Å². The number of nitrogens with one attached hydrogen (secondary N) is 3. The van der Waals surface area contributed by atoms with Crippen LogP contribution in [0.5, 0.6) is 0 Å². The van der Waals surface area contributed by atoms with Crippen LogP contribution in [0.1, 0.15) is 24.8 Å². The first-order chi connectivity index (χ1) is 11.8. The molecule has 1 aromatic heterocycles. The van der Waals surface area contributed by atoms with Crippen LogP contribution in [0, 0.1) is 0 Å². The minimum atomic E-state index is -0.147. The van der Waals surface area contributed by atoms with Crippen molar-refractivity contribution in [2.75, 3.05) is 11.9 Å². The van der Waals surface area contributed by atoms with E-state index in [0.29, 0.717) is 6.54 Å². The summed E-state index contributed by atoms with van der Waals surface area (Å²) in [6.07, 6.45) is 5.36. The molecule has 0 bridgehead atoms. The van der Waals surface area contributed by atoms with E-state index >= 15 is 0 Å². The van der Waals surface area contributed by atoms with Gasteiger partial charge in [0.05, 0.1) is 5.69 Å². The lowest BCUT2D eigenvalue weighted by Gasteiger charge is -2.42. The number of carbonyl (C=O) groups excluding carboxylic acids is 1. The second-order valence-corrected chi connectivity index (χ2v) is 6.55. The molecule has 1 aliphatic carbocycles. The largest absolute Gasteiger partial charge is 0.361 e. The molecule has 4 rings (SSSR count). The first kappa shape index (κ1) is 14.8. The number of aromatic amines is 1. The molecule has 0 aliphatic heterocycles. The number of urea groups is 1. The maximum atomic E-state index is 12.4. The number of hydrogen-bond donors (Lipinski definition) is 3. The van der Waals surface area contributed by atoms with Crippen LogP contribution >= 0.6 is 0 Å². The number of hydrogen-bond acceptors (Lipinski definition) is 1. The molecule has 4 heteroatoms. The lowest BCUT2D eigenvalue weighted by atomic mass is 9.64. The first-order valence-corrected chi connectivity index (χ1v) is 8.43. The molecule has 0 atom stereocenters. The van der Waals surface area contributed by atoms with Crippen LogP contribution in [0.25, 0.3) is 10.9 Å². The van der Waals surface area contributed by atoms with Gasteiger partial charge in [0.15, 0.2) is 0 Å². The molecule has 0 saturated heterocycles. The van der Waals surface area contributed by atoms with E-state index in [1.54, 1.807) is 0 Å². The van der Waals surface area contributed by atoms with Crippen LogP contribution in [0.15, 0.2) is 60.8 Å². The molecule has 24 heavy (non-hydrogen) atoms. The third-order valence-corrected chi connectivity index (χ3v) is 5.13. The summed E-state index contributed by atoms with van der Waals surface area (Å²) >= 11 is 0. The summed E-state index contributed by atoms with van der Waals surface area (Å²) in [5.74, 6) is 0. The molecule has 2 aromatic carbocycles. The van der Waals surface area contributed by atoms with Gasteiger partial charge < -0.3 is 15.6 Å². The molecule has 122 valence electrons. The van der Waals surface area contributed by atoms with Crippen molar-refractivity contribution < 1.29 is 4.79 Å². The highest BCUT2D eigenvalue weighted by Crippen LogP contribution is 2.43. The van der Waals surface area contributed by atoms with E-state index in [1.807, 2.05) is 36.5 Å². The second-order valence-electron chi connectivity index (χ2n) is 6.55. The van der Waals surface area contributed by atoms with E-state index in [2.05, 4.69) is 39.9 Å². The SMILES string of the molecule is O=C(NCC1(c2ccccc2)CCC1)Nc1cccc2[nH]ccc12. The molecule has 0 unspecified atom stereocenters. The zero-order valence-corrected chi connectivity index (χ0v) is 13.5. The van der Waals surface area contributed by atoms with Crippen LogP contribution in [-0.2, 0) is 5.41 Å². The van der Waals surface area contributed by atoms with Gasteiger partial charge in [0.2, 0.25) is 0 Å². The molecular formula is C20H21N3O. The highest BCUT2D eigenvalue weighted by molar-refractivity contribution is 6.00. The number of anilines is 1. The topological polar surface area (TPSA) is 56.9 Å². The van der Waals surface area contributed by atoms with Crippen molar-refractivity contribution in [3.05, 3.63) is 66.4 Å². The fraction of sp³-hybridized carbons (Fsp3) is 0.250. The van der Waals surface area contributed by atoms with Gasteiger partial charge in [-0.1, -0.05) is 42.8 Å². The predicted molar refractivity (Wildman–Crippen MR) is 97.3 cm³/mol. The zero-order chi connectivity index (χ0) is 16.4. The van der Waals surface area contributed by atoms with Gasteiger partial charge in [-0.05, 0) is 36.6 Å².